The highest BCUT2D eigenvalue weighted by Crippen LogP contribution is 2.27. The topological polar surface area (TPSA) is 76.7 Å². The van der Waals surface area contributed by atoms with E-state index >= 15 is 0 Å². The van der Waals surface area contributed by atoms with Gasteiger partial charge in [-0.05, 0) is 47.5 Å². The molecule has 1 heterocycles. The Morgan fingerprint density at radius 1 is 0.933 bits per heavy atom. The number of aromatic hydroxyl groups is 1. The molecular formula is C24H17FO5. The zero-order valence-electron chi connectivity index (χ0n) is 15.8. The van der Waals surface area contributed by atoms with E-state index in [2.05, 4.69) is 0 Å². The third-order valence-corrected chi connectivity index (χ3v) is 4.73. The number of rotatable bonds is 5. The normalized spacial score (nSPS) is 10.8. The summed E-state index contributed by atoms with van der Waals surface area (Å²) < 4.78 is 23.4. The summed E-state index contributed by atoms with van der Waals surface area (Å²) in [5.74, 6) is -0.976. The number of halogens is 1. The second-order valence-corrected chi connectivity index (χ2v) is 6.79. The lowest BCUT2D eigenvalue weighted by Crippen LogP contribution is -2.09. The van der Waals surface area contributed by atoms with E-state index < -0.39 is 11.6 Å². The first-order chi connectivity index (χ1) is 14.5. The Labute approximate surface area is 171 Å². The standard InChI is InChI=1S/C24H17FO5/c25-18-11-7-16(8-12-18)14-29-23(27)17-9-5-15(6-10-17)13-20-22(26)19-3-1-2-4-21(19)30-24(20)28/h1-12,26H,13-14H2. The first-order valence-electron chi connectivity index (χ1n) is 9.25. The van der Waals surface area contributed by atoms with Gasteiger partial charge >= 0.3 is 11.6 Å². The van der Waals surface area contributed by atoms with Crippen molar-refractivity contribution in [2.24, 2.45) is 0 Å². The van der Waals surface area contributed by atoms with Crippen molar-refractivity contribution >= 4 is 16.9 Å². The number of carbonyl (C=O) groups excluding carboxylic acids is 1. The van der Waals surface area contributed by atoms with Gasteiger partial charge in [-0.1, -0.05) is 36.4 Å². The fourth-order valence-electron chi connectivity index (χ4n) is 3.10. The minimum Gasteiger partial charge on any atom is -0.507 e. The number of hydrogen-bond acceptors (Lipinski definition) is 5. The molecule has 0 saturated heterocycles. The summed E-state index contributed by atoms with van der Waals surface area (Å²) >= 11 is 0. The second kappa shape index (κ2) is 8.21. The predicted octanol–water partition coefficient (Wildman–Crippen LogP) is 4.59. The van der Waals surface area contributed by atoms with Crippen molar-refractivity contribution in [1.82, 2.24) is 0 Å². The molecule has 0 aliphatic heterocycles. The van der Waals surface area contributed by atoms with Gasteiger partial charge < -0.3 is 14.3 Å². The molecule has 0 amide bonds. The Morgan fingerprint density at radius 2 is 1.60 bits per heavy atom. The Balaban J connectivity index is 1.47. The quantitative estimate of drug-likeness (QED) is 0.389. The third kappa shape index (κ3) is 4.07. The average Bonchev–Trinajstić information content (AvgIpc) is 2.76. The molecular weight excluding hydrogens is 387 g/mol. The van der Waals surface area contributed by atoms with Gasteiger partial charge in [0.1, 0.15) is 23.8 Å². The molecule has 0 aliphatic carbocycles. The zero-order chi connectivity index (χ0) is 21.1. The van der Waals surface area contributed by atoms with Crippen molar-refractivity contribution in [3.63, 3.8) is 0 Å². The molecule has 0 unspecified atom stereocenters. The van der Waals surface area contributed by atoms with E-state index in [1.165, 1.54) is 12.1 Å². The van der Waals surface area contributed by atoms with Crippen LogP contribution < -0.4 is 5.63 Å². The van der Waals surface area contributed by atoms with Gasteiger partial charge in [0.2, 0.25) is 0 Å². The van der Waals surface area contributed by atoms with Crippen LogP contribution in [-0.4, -0.2) is 11.1 Å². The maximum atomic E-state index is 12.9. The Hall–Kier alpha value is -3.93. The van der Waals surface area contributed by atoms with Crippen molar-refractivity contribution in [3.05, 3.63) is 111 Å². The second-order valence-electron chi connectivity index (χ2n) is 6.79. The van der Waals surface area contributed by atoms with Gasteiger partial charge in [-0.3, -0.25) is 0 Å². The number of benzene rings is 3. The molecule has 6 heteroatoms. The van der Waals surface area contributed by atoms with Crippen LogP contribution in [0.2, 0.25) is 0 Å². The summed E-state index contributed by atoms with van der Waals surface area (Å²) in [5.41, 5.74) is 1.62. The highest BCUT2D eigenvalue weighted by Gasteiger charge is 2.15. The fourth-order valence-corrected chi connectivity index (χ4v) is 3.10. The molecule has 3 aromatic carbocycles. The molecule has 0 atom stereocenters. The van der Waals surface area contributed by atoms with Crippen molar-refractivity contribution in [1.29, 1.82) is 0 Å². The highest BCUT2D eigenvalue weighted by atomic mass is 19.1. The number of para-hydroxylation sites is 1. The van der Waals surface area contributed by atoms with Crippen molar-refractivity contribution in [2.45, 2.75) is 13.0 Å². The van der Waals surface area contributed by atoms with Crippen molar-refractivity contribution in [3.8, 4) is 5.75 Å². The maximum absolute atomic E-state index is 12.9. The summed E-state index contributed by atoms with van der Waals surface area (Å²) in [6, 6.07) is 19.0. The van der Waals surface area contributed by atoms with E-state index in [-0.39, 0.29) is 30.2 Å². The molecule has 0 saturated carbocycles. The third-order valence-electron chi connectivity index (χ3n) is 4.73. The summed E-state index contributed by atoms with van der Waals surface area (Å²) in [6.45, 7) is 0.0346. The van der Waals surface area contributed by atoms with Gasteiger partial charge in [0.05, 0.1) is 16.5 Å². The van der Waals surface area contributed by atoms with Gasteiger partial charge in [0, 0.05) is 6.42 Å². The van der Waals surface area contributed by atoms with Crippen LogP contribution in [0.1, 0.15) is 27.0 Å². The van der Waals surface area contributed by atoms with Crippen LogP contribution in [0.4, 0.5) is 4.39 Å². The molecule has 1 N–H and O–H groups in total. The minimum atomic E-state index is -0.603. The van der Waals surface area contributed by atoms with Crippen LogP contribution in [0.15, 0.2) is 82.0 Å². The van der Waals surface area contributed by atoms with Crippen LogP contribution in [0.25, 0.3) is 11.0 Å². The molecule has 0 bridgehead atoms. The molecule has 0 fully saturated rings. The molecule has 30 heavy (non-hydrogen) atoms. The summed E-state index contributed by atoms with van der Waals surface area (Å²) in [4.78, 5) is 24.5. The Kier molecular flexibility index (Phi) is 5.30. The number of carbonyl (C=O) groups is 1. The lowest BCUT2D eigenvalue weighted by atomic mass is 10.0. The van der Waals surface area contributed by atoms with E-state index in [9.17, 15) is 19.1 Å². The SMILES string of the molecule is O=C(OCc1ccc(F)cc1)c1ccc(Cc2c(O)c3ccccc3oc2=O)cc1. The largest absolute Gasteiger partial charge is 0.507 e. The summed E-state index contributed by atoms with van der Waals surface area (Å²) in [7, 11) is 0. The minimum absolute atomic E-state index is 0.0346. The highest BCUT2D eigenvalue weighted by molar-refractivity contribution is 5.89. The van der Waals surface area contributed by atoms with Gasteiger partial charge in [-0.15, -0.1) is 0 Å². The van der Waals surface area contributed by atoms with E-state index in [0.717, 1.165) is 5.56 Å². The number of ether oxygens (including phenoxy) is 1. The number of hydrogen-bond donors (Lipinski definition) is 1. The van der Waals surface area contributed by atoms with Crippen molar-refractivity contribution in [2.75, 3.05) is 0 Å². The Bertz CT molecular complexity index is 1260. The van der Waals surface area contributed by atoms with Gasteiger partial charge in [0.15, 0.2) is 0 Å². The molecule has 4 aromatic rings. The van der Waals surface area contributed by atoms with E-state index in [0.29, 0.717) is 22.1 Å². The Morgan fingerprint density at radius 3 is 2.33 bits per heavy atom. The van der Waals surface area contributed by atoms with Gasteiger partial charge in [-0.2, -0.15) is 0 Å². The summed E-state index contributed by atoms with van der Waals surface area (Å²) in [6.07, 6.45) is 0.157. The van der Waals surface area contributed by atoms with E-state index in [4.69, 9.17) is 9.15 Å². The summed E-state index contributed by atoms with van der Waals surface area (Å²) in [5, 5.41) is 10.9. The fraction of sp³-hybridized carbons (Fsp3) is 0.0833. The lowest BCUT2D eigenvalue weighted by Gasteiger charge is -2.08. The van der Waals surface area contributed by atoms with Crippen LogP contribution in [-0.2, 0) is 17.8 Å². The first kappa shape index (κ1) is 19.4. The first-order valence-corrected chi connectivity index (χ1v) is 9.25. The van der Waals surface area contributed by atoms with Gasteiger partial charge in [-0.25, -0.2) is 14.0 Å². The molecule has 0 radical (unpaired) electrons. The van der Waals surface area contributed by atoms with E-state index in [1.54, 1.807) is 60.7 Å². The zero-order valence-corrected chi connectivity index (χ0v) is 15.8. The molecule has 0 spiro atoms. The number of esters is 1. The molecule has 1 aromatic heterocycles. The van der Waals surface area contributed by atoms with Crippen molar-refractivity contribution < 1.29 is 23.4 Å². The lowest BCUT2D eigenvalue weighted by molar-refractivity contribution is 0.0472. The van der Waals surface area contributed by atoms with Crippen LogP contribution in [0, 0.1) is 5.82 Å². The molecule has 0 aliphatic rings. The van der Waals surface area contributed by atoms with Crippen LogP contribution >= 0.6 is 0 Å². The molecule has 4 rings (SSSR count). The average molecular weight is 404 g/mol. The molecule has 5 nitrogen and oxygen atoms in total. The van der Waals surface area contributed by atoms with Crippen LogP contribution in [0.5, 0.6) is 5.75 Å². The molecule has 150 valence electrons. The monoisotopic (exact) mass is 404 g/mol. The predicted molar refractivity (Wildman–Crippen MR) is 109 cm³/mol. The van der Waals surface area contributed by atoms with Gasteiger partial charge in [0.25, 0.3) is 0 Å². The number of fused-ring (bicyclic) bond motifs is 1. The van der Waals surface area contributed by atoms with E-state index in [1.807, 2.05) is 0 Å². The smallest absolute Gasteiger partial charge is 0.343 e. The maximum Gasteiger partial charge on any atom is 0.343 e. The van der Waals surface area contributed by atoms with Crippen LogP contribution in [0.3, 0.4) is 0 Å².